The molecule has 0 radical (unpaired) electrons. The number of nitrogens with one attached hydrogen (secondary N) is 1. The minimum absolute atomic E-state index is 0.558. The lowest BCUT2D eigenvalue weighted by Crippen LogP contribution is -2.46. The monoisotopic (exact) mass is 325 g/mol. The Morgan fingerprint density at radius 1 is 1.05 bits per heavy atom. The number of hydrogen-bond donors (Lipinski definition) is 1. The fourth-order valence-electron chi connectivity index (χ4n) is 3.61. The third-order valence-corrected chi connectivity index (χ3v) is 5.72. The van der Waals surface area contributed by atoms with Crippen molar-refractivity contribution >= 4 is 17.7 Å². The molecule has 0 spiro atoms. The fourth-order valence-corrected chi connectivity index (χ4v) is 4.03. The average molecular weight is 326 g/mol. The highest BCUT2D eigenvalue weighted by Gasteiger charge is 2.19. The van der Waals surface area contributed by atoms with Crippen LogP contribution in [-0.4, -0.2) is 48.5 Å². The highest BCUT2D eigenvalue weighted by atomic mass is 32.2. The number of guanidine groups is 1. The van der Waals surface area contributed by atoms with Crippen LogP contribution in [0.5, 0.6) is 0 Å². The molecule has 0 aromatic carbocycles. The van der Waals surface area contributed by atoms with Crippen molar-refractivity contribution in [2.75, 3.05) is 25.6 Å². The minimum Gasteiger partial charge on any atom is -0.354 e. The highest BCUT2D eigenvalue weighted by Crippen LogP contribution is 2.21. The lowest BCUT2D eigenvalue weighted by molar-refractivity contribution is 0.380. The van der Waals surface area contributed by atoms with Crippen molar-refractivity contribution in [2.45, 2.75) is 82.7 Å². The topological polar surface area (TPSA) is 27.6 Å². The lowest BCUT2D eigenvalue weighted by Gasteiger charge is -2.31. The lowest BCUT2D eigenvalue weighted by atomic mass is 9.95. The van der Waals surface area contributed by atoms with Crippen LogP contribution in [-0.2, 0) is 0 Å². The van der Waals surface area contributed by atoms with Gasteiger partial charge in [-0.15, -0.1) is 0 Å². The summed E-state index contributed by atoms with van der Waals surface area (Å²) in [6.07, 6.45) is 17.0. The van der Waals surface area contributed by atoms with Crippen molar-refractivity contribution in [1.82, 2.24) is 10.2 Å². The van der Waals surface area contributed by atoms with E-state index >= 15 is 0 Å². The maximum Gasteiger partial charge on any atom is 0.194 e. The summed E-state index contributed by atoms with van der Waals surface area (Å²) in [6, 6.07) is 1.21. The van der Waals surface area contributed by atoms with E-state index in [0.717, 1.165) is 6.54 Å². The molecule has 0 aromatic rings. The third-order valence-electron chi connectivity index (χ3n) is 5.02. The molecule has 0 amide bonds. The molecule has 3 nitrogen and oxygen atoms in total. The summed E-state index contributed by atoms with van der Waals surface area (Å²) in [4.78, 5) is 7.51. The number of nitrogens with zero attached hydrogens (tertiary/aromatic N) is 2. The highest BCUT2D eigenvalue weighted by molar-refractivity contribution is 7.98. The van der Waals surface area contributed by atoms with Crippen LogP contribution in [0.2, 0.25) is 0 Å². The Hall–Kier alpha value is -0.380. The third kappa shape index (κ3) is 6.39. The molecule has 0 atom stereocenters. The number of thioether (sulfide) groups is 1. The maximum atomic E-state index is 5.13. The zero-order valence-electron chi connectivity index (χ0n) is 14.6. The summed E-state index contributed by atoms with van der Waals surface area (Å²) in [5.74, 6) is 2.42. The second-order valence-electron chi connectivity index (χ2n) is 6.99. The van der Waals surface area contributed by atoms with Crippen molar-refractivity contribution < 1.29 is 0 Å². The van der Waals surface area contributed by atoms with Crippen molar-refractivity contribution in [1.29, 1.82) is 0 Å². The van der Waals surface area contributed by atoms with Crippen LogP contribution in [0.1, 0.15) is 70.6 Å². The molecule has 22 heavy (non-hydrogen) atoms. The SMILES string of the molecule is CSCCCN(C)C(=NC1CCCCC1)NC1CCCCC1. The smallest absolute Gasteiger partial charge is 0.194 e. The molecule has 0 aliphatic heterocycles. The van der Waals surface area contributed by atoms with Gasteiger partial charge in [-0.3, -0.25) is 0 Å². The van der Waals surface area contributed by atoms with E-state index in [-0.39, 0.29) is 0 Å². The number of aliphatic imine (C=N–C) groups is 1. The van der Waals surface area contributed by atoms with E-state index in [1.54, 1.807) is 0 Å². The molecule has 2 aliphatic carbocycles. The first-order valence-corrected chi connectivity index (χ1v) is 10.7. The summed E-state index contributed by atoms with van der Waals surface area (Å²) in [5, 5.41) is 3.80. The van der Waals surface area contributed by atoms with Gasteiger partial charge in [-0.05, 0) is 44.1 Å². The molecule has 1 N–H and O–H groups in total. The predicted octanol–water partition coefficient (Wildman–Crippen LogP) is 4.28. The Kier molecular flexibility index (Phi) is 8.50. The van der Waals surface area contributed by atoms with E-state index in [1.165, 1.54) is 82.3 Å². The van der Waals surface area contributed by atoms with Crippen LogP contribution in [0.15, 0.2) is 4.99 Å². The van der Waals surface area contributed by atoms with Gasteiger partial charge in [0.25, 0.3) is 0 Å². The van der Waals surface area contributed by atoms with Crippen LogP contribution < -0.4 is 5.32 Å². The quantitative estimate of drug-likeness (QED) is 0.449. The van der Waals surface area contributed by atoms with Gasteiger partial charge in [0.2, 0.25) is 0 Å². The second kappa shape index (κ2) is 10.4. The first kappa shape index (κ1) is 18.0. The van der Waals surface area contributed by atoms with Gasteiger partial charge in [0.05, 0.1) is 6.04 Å². The maximum absolute atomic E-state index is 5.13. The predicted molar refractivity (Wildman–Crippen MR) is 99.9 cm³/mol. The van der Waals surface area contributed by atoms with Crippen LogP contribution in [0, 0.1) is 0 Å². The molecule has 0 saturated heterocycles. The molecule has 0 bridgehead atoms. The molecule has 2 rings (SSSR count). The largest absolute Gasteiger partial charge is 0.354 e. The summed E-state index contributed by atoms with van der Waals surface area (Å²) >= 11 is 1.94. The minimum atomic E-state index is 0.558. The molecule has 2 fully saturated rings. The first-order chi connectivity index (χ1) is 10.8. The van der Waals surface area contributed by atoms with Gasteiger partial charge in [0.15, 0.2) is 5.96 Å². The Morgan fingerprint density at radius 2 is 1.68 bits per heavy atom. The van der Waals surface area contributed by atoms with Crippen molar-refractivity contribution in [3.8, 4) is 0 Å². The zero-order valence-corrected chi connectivity index (χ0v) is 15.5. The molecular weight excluding hydrogens is 290 g/mol. The van der Waals surface area contributed by atoms with Crippen LogP contribution in [0.4, 0.5) is 0 Å². The van der Waals surface area contributed by atoms with Gasteiger partial charge in [-0.25, -0.2) is 4.99 Å². The molecule has 0 unspecified atom stereocenters. The van der Waals surface area contributed by atoms with Gasteiger partial charge in [-0.1, -0.05) is 38.5 Å². The molecule has 2 aliphatic rings. The van der Waals surface area contributed by atoms with Gasteiger partial charge in [-0.2, -0.15) is 11.8 Å². The normalized spacial score (nSPS) is 21.8. The van der Waals surface area contributed by atoms with Gasteiger partial charge >= 0.3 is 0 Å². The number of rotatable bonds is 6. The van der Waals surface area contributed by atoms with Gasteiger partial charge < -0.3 is 10.2 Å². The Morgan fingerprint density at radius 3 is 2.32 bits per heavy atom. The zero-order chi connectivity index (χ0) is 15.6. The second-order valence-corrected chi connectivity index (χ2v) is 7.98. The summed E-state index contributed by atoms with van der Waals surface area (Å²) in [5.41, 5.74) is 0. The standard InChI is InChI=1S/C18H35N3S/c1-21(14-9-15-22-2)18(19-16-10-5-3-6-11-16)20-17-12-7-4-8-13-17/h16-17H,3-15H2,1-2H3,(H,19,20). The van der Waals surface area contributed by atoms with Crippen LogP contribution in [0.25, 0.3) is 0 Å². The van der Waals surface area contributed by atoms with E-state index in [9.17, 15) is 0 Å². The van der Waals surface area contributed by atoms with E-state index in [0.29, 0.717) is 12.1 Å². The Labute approximate surface area is 141 Å². The summed E-state index contributed by atoms with van der Waals surface area (Å²) in [6.45, 7) is 1.12. The molecule has 2 saturated carbocycles. The van der Waals surface area contributed by atoms with Crippen LogP contribution in [0.3, 0.4) is 0 Å². The summed E-state index contributed by atoms with van der Waals surface area (Å²) in [7, 11) is 2.22. The number of hydrogen-bond acceptors (Lipinski definition) is 2. The van der Waals surface area contributed by atoms with Gasteiger partial charge in [0.1, 0.15) is 0 Å². The molecule has 0 aromatic heterocycles. The molecule has 0 heterocycles. The van der Waals surface area contributed by atoms with E-state index in [2.05, 4.69) is 23.5 Å². The van der Waals surface area contributed by atoms with Gasteiger partial charge in [0, 0.05) is 19.6 Å². The first-order valence-electron chi connectivity index (χ1n) is 9.34. The Balaban J connectivity index is 1.93. The summed E-state index contributed by atoms with van der Waals surface area (Å²) < 4.78 is 0. The van der Waals surface area contributed by atoms with Crippen molar-refractivity contribution in [3.63, 3.8) is 0 Å². The molecular formula is C18H35N3S. The van der Waals surface area contributed by atoms with Crippen molar-refractivity contribution in [2.24, 2.45) is 4.99 Å². The van der Waals surface area contributed by atoms with E-state index in [1.807, 2.05) is 11.8 Å². The average Bonchev–Trinajstić information content (AvgIpc) is 2.56. The van der Waals surface area contributed by atoms with Crippen molar-refractivity contribution in [3.05, 3.63) is 0 Å². The molecule has 128 valence electrons. The van der Waals surface area contributed by atoms with E-state index in [4.69, 9.17) is 4.99 Å². The molecule has 4 heteroatoms. The fraction of sp³-hybridized carbons (Fsp3) is 0.944. The Bertz CT molecular complexity index is 320. The van der Waals surface area contributed by atoms with E-state index < -0.39 is 0 Å². The van der Waals surface area contributed by atoms with Crippen LogP contribution >= 0.6 is 11.8 Å².